The number of benzene rings is 2. The summed E-state index contributed by atoms with van der Waals surface area (Å²) in [4.78, 5) is 4.83. The van der Waals surface area contributed by atoms with Crippen LogP contribution in [-0.4, -0.2) is 10.1 Å². The zero-order chi connectivity index (χ0) is 20.0. The highest BCUT2D eigenvalue weighted by Gasteiger charge is 2.53. The lowest BCUT2D eigenvalue weighted by Gasteiger charge is -2.55. The molecule has 0 saturated heterocycles. The first-order valence-corrected chi connectivity index (χ1v) is 11.3. The van der Waals surface area contributed by atoms with Crippen molar-refractivity contribution in [2.75, 3.05) is 0 Å². The number of hydrogen-bond donors (Lipinski definition) is 0. The van der Waals surface area contributed by atoms with Crippen LogP contribution in [0.15, 0.2) is 59.1 Å². The van der Waals surface area contributed by atoms with Gasteiger partial charge in [-0.05, 0) is 73.5 Å². The first-order chi connectivity index (χ1) is 14.8. The molecule has 7 rings (SSSR count). The number of rotatable bonds is 6. The molecule has 0 radical (unpaired) electrons. The predicted octanol–water partition coefficient (Wildman–Crippen LogP) is 5.71. The minimum atomic E-state index is 0.168. The van der Waals surface area contributed by atoms with Crippen LogP contribution in [0.4, 0.5) is 0 Å². The molecule has 0 aliphatic heterocycles. The van der Waals surface area contributed by atoms with Crippen molar-refractivity contribution in [2.24, 2.45) is 17.8 Å². The zero-order valence-electron chi connectivity index (χ0n) is 17.3. The van der Waals surface area contributed by atoms with Crippen molar-refractivity contribution in [3.8, 4) is 5.75 Å². The van der Waals surface area contributed by atoms with Gasteiger partial charge in [0, 0.05) is 11.8 Å². The number of nitrogens with zero attached hydrogens (tertiary/aromatic N) is 2. The van der Waals surface area contributed by atoms with Crippen molar-refractivity contribution in [1.29, 1.82) is 0 Å². The van der Waals surface area contributed by atoms with Crippen LogP contribution in [0.25, 0.3) is 0 Å². The van der Waals surface area contributed by atoms with Crippen molar-refractivity contribution in [1.82, 2.24) is 10.1 Å². The molecule has 4 nitrogen and oxygen atoms in total. The minimum Gasteiger partial charge on any atom is -0.483 e. The van der Waals surface area contributed by atoms with E-state index in [-0.39, 0.29) is 5.41 Å². The first kappa shape index (κ1) is 18.2. The lowest BCUT2D eigenvalue weighted by molar-refractivity contribution is -0.0103. The highest BCUT2D eigenvalue weighted by Crippen LogP contribution is 2.60. The zero-order valence-corrected chi connectivity index (χ0v) is 17.3. The Kier molecular flexibility index (Phi) is 4.40. The fraction of sp³-hybridized carbons (Fsp3) is 0.462. The normalized spacial score (nSPS) is 29.3. The van der Waals surface area contributed by atoms with Crippen LogP contribution < -0.4 is 4.74 Å². The van der Waals surface area contributed by atoms with E-state index in [1.807, 2.05) is 18.2 Å². The molecule has 0 amide bonds. The van der Waals surface area contributed by atoms with E-state index >= 15 is 0 Å². The van der Waals surface area contributed by atoms with Gasteiger partial charge in [-0.2, -0.15) is 4.98 Å². The van der Waals surface area contributed by atoms with Crippen molar-refractivity contribution in [3.05, 3.63) is 77.4 Å². The quantitative estimate of drug-likeness (QED) is 0.532. The van der Waals surface area contributed by atoms with Gasteiger partial charge >= 0.3 is 0 Å². The number of para-hydroxylation sites is 1. The third-order valence-corrected chi connectivity index (χ3v) is 7.54. The molecule has 1 aromatic heterocycles. The smallest absolute Gasteiger partial charge is 0.264 e. The second-order valence-electron chi connectivity index (χ2n) is 9.77. The Morgan fingerprint density at radius 2 is 1.53 bits per heavy atom. The van der Waals surface area contributed by atoms with Crippen LogP contribution in [0.5, 0.6) is 5.75 Å². The Labute approximate surface area is 177 Å². The summed E-state index contributed by atoms with van der Waals surface area (Å²) >= 11 is 0. The van der Waals surface area contributed by atoms with Gasteiger partial charge in [0.25, 0.3) is 5.89 Å². The second kappa shape index (κ2) is 7.26. The van der Waals surface area contributed by atoms with Gasteiger partial charge in [0.2, 0.25) is 0 Å². The SMILES string of the molecule is c1ccc(Cc2ccccc2OCc2nc(C34CC5CC(CC(C5)C3)C4)no2)cc1. The van der Waals surface area contributed by atoms with E-state index in [1.54, 1.807) is 0 Å². The molecule has 4 saturated carbocycles. The van der Waals surface area contributed by atoms with E-state index in [9.17, 15) is 0 Å². The van der Waals surface area contributed by atoms with Crippen molar-refractivity contribution in [3.63, 3.8) is 0 Å². The number of hydrogen-bond acceptors (Lipinski definition) is 4. The molecular formula is C26H28N2O2. The van der Waals surface area contributed by atoms with Crippen LogP contribution in [-0.2, 0) is 18.4 Å². The molecule has 4 aliphatic rings. The Hall–Kier alpha value is -2.62. The largest absolute Gasteiger partial charge is 0.483 e. The molecule has 0 atom stereocenters. The fourth-order valence-corrected chi connectivity index (χ4v) is 6.66. The van der Waals surface area contributed by atoms with E-state index in [4.69, 9.17) is 14.2 Å². The molecule has 3 aromatic rings. The Balaban J connectivity index is 1.17. The summed E-state index contributed by atoms with van der Waals surface area (Å²) in [5.41, 5.74) is 2.61. The Morgan fingerprint density at radius 3 is 2.27 bits per heavy atom. The summed E-state index contributed by atoms with van der Waals surface area (Å²) in [5.74, 6) is 5.04. The summed E-state index contributed by atoms with van der Waals surface area (Å²) < 4.78 is 11.8. The van der Waals surface area contributed by atoms with Crippen LogP contribution in [0.2, 0.25) is 0 Å². The maximum Gasteiger partial charge on any atom is 0.264 e. The van der Waals surface area contributed by atoms with Crippen molar-refractivity contribution < 1.29 is 9.26 Å². The standard InChI is InChI=1S/C26H28N2O2/c1-2-6-18(7-3-1)13-22-8-4-5-9-23(22)29-17-24-27-25(28-30-24)26-14-19-10-20(15-26)12-21(11-19)16-26/h1-9,19-21H,10-17H2. The number of ether oxygens (including phenoxy) is 1. The van der Waals surface area contributed by atoms with Gasteiger partial charge in [-0.1, -0.05) is 53.7 Å². The molecule has 4 aliphatic carbocycles. The number of aromatic nitrogens is 2. The van der Waals surface area contributed by atoms with Gasteiger partial charge in [0.1, 0.15) is 5.75 Å². The first-order valence-electron chi connectivity index (χ1n) is 11.3. The van der Waals surface area contributed by atoms with Crippen LogP contribution in [0, 0.1) is 17.8 Å². The third-order valence-electron chi connectivity index (χ3n) is 7.54. The van der Waals surface area contributed by atoms with Gasteiger partial charge < -0.3 is 9.26 Å². The topological polar surface area (TPSA) is 48.2 Å². The minimum absolute atomic E-state index is 0.168. The van der Waals surface area contributed by atoms with Gasteiger partial charge in [0.05, 0.1) is 0 Å². The summed E-state index contributed by atoms with van der Waals surface area (Å²) in [5, 5.41) is 4.44. The summed E-state index contributed by atoms with van der Waals surface area (Å²) in [6, 6.07) is 18.7. The van der Waals surface area contributed by atoms with Crippen molar-refractivity contribution in [2.45, 2.75) is 57.0 Å². The monoisotopic (exact) mass is 400 g/mol. The van der Waals surface area contributed by atoms with E-state index in [0.29, 0.717) is 12.5 Å². The molecule has 0 N–H and O–H groups in total. The predicted molar refractivity (Wildman–Crippen MR) is 114 cm³/mol. The molecule has 30 heavy (non-hydrogen) atoms. The molecule has 0 spiro atoms. The third kappa shape index (κ3) is 3.32. The van der Waals surface area contributed by atoms with Crippen molar-refractivity contribution >= 4 is 0 Å². The average molecular weight is 401 g/mol. The molecule has 4 bridgehead atoms. The molecule has 2 aromatic carbocycles. The molecule has 4 fully saturated rings. The van der Waals surface area contributed by atoms with Gasteiger partial charge in [0.15, 0.2) is 12.4 Å². The molecule has 154 valence electrons. The highest BCUT2D eigenvalue weighted by molar-refractivity contribution is 5.37. The maximum absolute atomic E-state index is 6.13. The van der Waals surface area contributed by atoms with E-state index in [2.05, 4.69) is 41.6 Å². The maximum atomic E-state index is 6.13. The highest BCUT2D eigenvalue weighted by atomic mass is 16.5. The van der Waals surface area contributed by atoms with E-state index < -0.39 is 0 Å². The van der Waals surface area contributed by atoms with Crippen LogP contribution in [0.1, 0.15) is 61.4 Å². The molecule has 4 heteroatoms. The van der Waals surface area contributed by atoms with Gasteiger partial charge in [-0.3, -0.25) is 0 Å². The van der Waals surface area contributed by atoms with E-state index in [1.165, 1.54) is 49.7 Å². The lowest BCUT2D eigenvalue weighted by atomic mass is 9.49. The molecular weight excluding hydrogens is 372 g/mol. The lowest BCUT2D eigenvalue weighted by Crippen LogP contribution is -2.49. The summed E-state index contributed by atoms with van der Waals surface area (Å²) in [6.07, 6.45) is 8.86. The summed E-state index contributed by atoms with van der Waals surface area (Å²) in [6.45, 7) is 0.325. The summed E-state index contributed by atoms with van der Waals surface area (Å²) in [7, 11) is 0. The van der Waals surface area contributed by atoms with E-state index in [0.717, 1.165) is 35.7 Å². The molecule has 1 heterocycles. The average Bonchev–Trinajstić information content (AvgIpc) is 3.23. The van der Waals surface area contributed by atoms with Crippen LogP contribution >= 0.6 is 0 Å². The molecule has 0 unspecified atom stereocenters. The van der Waals surface area contributed by atoms with Gasteiger partial charge in [-0.15, -0.1) is 0 Å². The second-order valence-corrected chi connectivity index (χ2v) is 9.77. The van der Waals surface area contributed by atoms with Gasteiger partial charge in [-0.25, -0.2) is 0 Å². The Morgan fingerprint density at radius 1 is 0.867 bits per heavy atom. The van der Waals surface area contributed by atoms with Crippen LogP contribution in [0.3, 0.4) is 0 Å². The Bertz CT molecular complexity index is 991. The fourth-order valence-electron chi connectivity index (χ4n) is 6.66.